The van der Waals surface area contributed by atoms with E-state index >= 15 is 0 Å². The van der Waals surface area contributed by atoms with E-state index in [4.69, 9.17) is 9.47 Å². The highest BCUT2D eigenvalue weighted by atomic mass is 16.6. The van der Waals surface area contributed by atoms with E-state index in [0.717, 1.165) is 5.56 Å². The van der Waals surface area contributed by atoms with Crippen molar-refractivity contribution in [3.63, 3.8) is 0 Å². The molecule has 1 aromatic heterocycles. The Morgan fingerprint density at radius 3 is 2.43 bits per heavy atom. The number of aromatic nitrogens is 2. The summed E-state index contributed by atoms with van der Waals surface area (Å²) in [6.45, 7) is 0. The second-order valence-electron chi connectivity index (χ2n) is 4.00. The molecule has 7 heteroatoms. The maximum Gasteiger partial charge on any atom is 0.319 e. The number of hydrogen-bond donors (Lipinski definition) is 0. The van der Waals surface area contributed by atoms with E-state index in [-0.39, 0.29) is 11.7 Å². The van der Waals surface area contributed by atoms with E-state index in [1.54, 1.807) is 30.5 Å². The molecular formula is C14H13N3O4. The molecule has 0 aliphatic rings. The van der Waals surface area contributed by atoms with Gasteiger partial charge in [0.2, 0.25) is 5.88 Å². The smallest absolute Gasteiger partial charge is 0.319 e. The lowest BCUT2D eigenvalue weighted by atomic mass is 10.1. The van der Waals surface area contributed by atoms with Gasteiger partial charge < -0.3 is 9.47 Å². The molecule has 0 saturated heterocycles. The van der Waals surface area contributed by atoms with Gasteiger partial charge in [-0.2, -0.15) is 4.98 Å². The summed E-state index contributed by atoms with van der Waals surface area (Å²) in [7, 11) is 2.98. The number of non-ortho nitro benzene ring substituents is 1. The number of benzene rings is 1. The SMILES string of the molecule is COc1ncc(/C=C/c2ccc([N+](=O)[O-])cc2)c(OC)n1. The van der Waals surface area contributed by atoms with Gasteiger partial charge in [-0.15, -0.1) is 0 Å². The Balaban J connectivity index is 2.22. The van der Waals surface area contributed by atoms with Crippen LogP contribution in [0.1, 0.15) is 11.1 Å². The largest absolute Gasteiger partial charge is 0.480 e. The van der Waals surface area contributed by atoms with E-state index in [0.29, 0.717) is 11.4 Å². The molecule has 0 spiro atoms. The molecule has 2 aromatic rings. The van der Waals surface area contributed by atoms with Crippen LogP contribution in [0.4, 0.5) is 5.69 Å². The van der Waals surface area contributed by atoms with Crippen LogP contribution in [-0.2, 0) is 0 Å². The van der Waals surface area contributed by atoms with Gasteiger partial charge in [0, 0.05) is 18.3 Å². The Kier molecular flexibility index (Phi) is 4.45. The number of nitrogens with zero attached hydrogens (tertiary/aromatic N) is 3. The molecule has 0 bridgehead atoms. The second kappa shape index (κ2) is 6.47. The maximum absolute atomic E-state index is 10.6. The van der Waals surface area contributed by atoms with Crippen LogP contribution < -0.4 is 9.47 Å². The summed E-state index contributed by atoms with van der Waals surface area (Å²) in [5.41, 5.74) is 1.55. The summed E-state index contributed by atoms with van der Waals surface area (Å²) in [6, 6.07) is 6.43. The van der Waals surface area contributed by atoms with Crippen LogP contribution in [0.2, 0.25) is 0 Å². The van der Waals surface area contributed by atoms with Crippen LogP contribution in [-0.4, -0.2) is 29.1 Å². The van der Waals surface area contributed by atoms with Gasteiger partial charge in [0.1, 0.15) is 0 Å². The predicted octanol–water partition coefficient (Wildman–Crippen LogP) is 2.57. The fourth-order valence-corrected chi connectivity index (χ4v) is 1.63. The topological polar surface area (TPSA) is 87.4 Å². The van der Waals surface area contributed by atoms with Gasteiger partial charge in [-0.3, -0.25) is 10.1 Å². The van der Waals surface area contributed by atoms with Gasteiger partial charge in [0.15, 0.2) is 0 Å². The van der Waals surface area contributed by atoms with E-state index in [9.17, 15) is 10.1 Å². The molecule has 0 atom stereocenters. The lowest BCUT2D eigenvalue weighted by Crippen LogP contribution is -1.97. The summed E-state index contributed by atoms with van der Waals surface area (Å²) < 4.78 is 10.1. The number of nitro benzene ring substituents is 1. The first-order chi connectivity index (χ1) is 10.1. The second-order valence-corrected chi connectivity index (χ2v) is 4.00. The highest BCUT2D eigenvalue weighted by molar-refractivity contribution is 5.71. The van der Waals surface area contributed by atoms with Gasteiger partial charge >= 0.3 is 6.01 Å². The van der Waals surface area contributed by atoms with Gasteiger partial charge in [-0.1, -0.05) is 6.08 Å². The summed E-state index contributed by atoms with van der Waals surface area (Å²) in [4.78, 5) is 18.2. The first-order valence-electron chi connectivity index (χ1n) is 6.01. The molecule has 2 rings (SSSR count). The molecule has 1 aromatic carbocycles. The molecule has 0 radical (unpaired) electrons. The predicted molar refractivity (Wildman–Crippen MR) is 77.2 cm³/mol. The number of hydrogen-bond acceptors (Lipinski definition) is 6. The van der Waals surface area contributed by atoms with Crippen molar-refractivity contribution < 1.29 is 14.4 Å². The molecule has 0 aliphatic heterocycles. The molecule has 1 heterocycles. The third-order valence-electron chi connectivity index (χ3n) is 2.69. The average Bonchev–Trinajstić information content (AvgIpc) is 2.53. The third kappa shape index (κ3) is 3.53. The van der Waals surface area contributed by atoms with Crippen molar-refractivity contribution in [3.8, 4) is 11.9 Å². The molecule has 7 nitrogen and oxygen atoms in total. The number of nitro groups is 1. The molecule has 0 aliphatic carbocycles. The van der Waals surface area contributed by atoms with E-state index in [1.165, 1.54) is 26.4 Å². The number of rotatable bonds is 5. The molecule has 0 unspecified atom stereocenters. The maximum atomic E-state index is 10.6. The van der Waals surface area contributed by atoms with Crippen molar-refractivity contribution in [1.82, 2.24) is 9.97 Å². The highest BCUT2D eigenvalue weighted by Crippen LogP contribution is 2.20. The van der Waals surface area contributed by atoms with Crippen LogP contribution >= 0.6 is 0 Å². The van der Waals surface area contributed by atoms with Crippen LogP contribution in [0.15, 0.2) is 30.5 Å². The fraction of sp³-hybridized carbons (Fsp3) is 0.143. The minimum absolute atomic E-state index is 0.0533. The normalized spacial score (nSPS) is 10.6. The van der Waals surface area contributed by atoms with E-state index in [2.05, 4.69) is 9.97 Å². The Hall–Kier alpha value is -2.96. The molecule has 0 N–H and O–H groups in total. The molecule has 0 fully saturated rings. The molecule has 21 heavy (non-hydrogen) atoms. The fourth-order valence-electron chi connectivity index (χ4n) is 1.63. The minimum atomic E-state index is -0.437. The minimum Gasteiger partial charge on any atom is -0.480 e. The molecular weight excluding hydrogens is 274 g/mol. The summed E-state index contributed by atoms with van der Waals surface area (Å²) in [6.07, 6.45) is 5.13. The van der Waals surface area contributed by atoms with Crippen LogP contribution in [0.25, 0.3) is 12.2 Å². The Labute approximate surface area is 121 Å². The van der Waals surface area contributed by atoms with Crippen molar-refractivity contribution in [1.29, 1.82) is 0 Å². The van der Waals surface area contributed by atoms with Crippen molar-refractivity contribution >= 4 is 17.8 Å². The molecule has 0 amide bonds. The van der Waals surface area contributed by atoms with Crippen molar-refractivity contribution in [3.05, 3.63) is 51.7 Å². The van der Waals surface area contributed by atoms with E-state index < -0.39 is 4.92 Å². The quantitative estimate of drug-likeness (QED) is 0.620. The zero-order chi connectivity index (χ0) is 15.2. The average molecular weight is 287 g/mol. The standard InChI is InChI=1S/C14H13N3O4/c1-20-13-11(9-15-14(16-13)21-2)6-3-10-4-7-12(8-5-10)17(18)19/h3-9H,1-2H3/b6-3+. The molecule has 0 saturated carbocycles. The summed E-state index contributed by atoms with van der Waals surface area (Å²) in [5, 5.41) is 10.6. The molecule has 108 valence electrons. The Bertz CT molecular complexity index is 668. The Morgan fingerprint density at radius 2 is 1.86 bits per heavy atom. The highest BCUT2D eigenvalue weighted by Gasteiger charge is 2.06. The van der Waals surface area contributed by atoms with Gasteiger partial charge in [0.25, 0.3) is 5.69 Å². The first-order valence-corrected chi connectivity index (χ1v) is 6.01. The van der Waals surface area contributed by atoms with Crippen LogP contribution in [0.3, 0.4) is 0 Å². The van der Waals surface area contributed by atoms with Crippen LogP contribution in [0.5, 0.6) is 11.9 Å². The zero-order valence-electron chi connectivity index (χ0n) is 11.5. The van der Waals surface area contributed by atoms with Crippen molar-refractivity contribution in [2.45, 2.75) is 0 Å². The van der Waals surface area contributed by atoms with Crippen molar-refractivity contribution in [2.75, 3.05) is 14.2 Å². The summed E-state index contributed by atoms with van der Waals surface area (Å²) in [5.74, 6) is 0.389. The van der Waals surface area contributed by atoms with Gasteiger partial charge in [-0.25, -0.2) is 4.98 Å². The monoisotopic (exact) mass is 287 g/mol. The third-order valence-corrected chi connectivity index (χ3v) is 2.69. The first kappa shape index (κ1) is 14.4. The Morgan fingerprint density at radius 1 is 1.14 bits per heavy atom. The lowest BCUT2D eigenvalue weighted by Gasteiger charge is -2.04. The van der Waals surface area contributed by atoms with Crippen molar-refractivity contribution in [2.24, 2.45) is 0 Å². The van der Waals surface area contributed by atoms with Gasteiger partial charge in [-0.05, 0) is 23.8 Å². The zero-order valence-corrected chi connectivity index (χ0v) is 11.5. The summed E-state index contributed by atoms with van der Waals surface area (Å²) >= 11 is 0. The number of methoxy groups -OCH3 is 2. The lowest BCUT2D eigenvalue weighted by molar-refractivity contribution is -0.384. The van der Waals surface area contributed by atoms with Crippen LogP contribution in [0, 0.1) is 10.1 Å². The van der Waals surface area contributed by atoms with E-state index in [1.807, 2.05) is 0 Å². The number of ether oxygens (including phenoxy) is 2. The van der Waals surface area contributed by atoms with Gasteiger partial charge in [0.05, 0.1) is 24.7 Å².